The van der Waals surface area contributed by atoms with Crippen LogP contribution in [0.3, 0.4) is 0 Å². The van der Waals surface area contributed by atoms with Crippen LogP contribution in [-0.2, 0) is 4.43 Å². The number of allylic oxidation sites excluding steroid dienone is 2. The van der Waals surface area contributed by atoms with Crippen molar-refractivity contribution in [2.24, 2.45) is 0 Å². The van der Waals surface area contributed by atoms with Gasteiger partial charge in [0.2, 0.25) is 8.32 Å². The Hall–Kier alpha value is -1.38. The van der Waals surface area contributed by atoms with Crippen molar-refractivity contribution in [1.82, 2.24) is 0 Å². The van der Waals surface area contributed by atoms with Crippen LogP contribution in [0, 0.1) is 0 Å². The van der Waals surface area contributed by atoms with Crippen molar-refractivity contribution in [3.63, 3.8) is 0 Å². The average molecular weight is 270 g/mol. The van der Waals surface area contributed by atoms with Gasteiger partial charge in [-0.1, -0.05) is 60.7 Å². The van der Waals surface area contributed by atoms with E-state index in [1.807, 2.05) is 6.07 Å². The first-order chi connectivity index (χ1) is 8.99. The van der Waals surface area contributed by atoms with Crippen LogP contribution in [0.15, 0.2) is 59.8 Å². The third kappa shape index (κ3) is 3.55. The van der Waals surface area contributed by atoms with Gasteiger partial charge in [-0.3, -0.25) is 0 Å². The molecule has 0 bridgehead atoms. The SMILES string of the molecule is C=C(C)C1=CC[C@@H](/C=C/c2ccccc2)O[Si]1(C)C. The summed E-state index contributed by atoms with van der Waals surface area (Å²) < 4.78 is 6.29. The molecular formula is C17H22OSi. The lowest BCUT2D eigenvalue weighted by Gasteiger charge is -2.34. The van der Waals surface area contributed by atoms with Gasteiger partial charge in [-0.2, -0.15) is 0 Å². The fourth-order valence-electron chi connectivity index (χ4n) is 2.56. The quantitative estimate of drug-likeness (QED) is 0.721. The molecule has 2 heteroatoms. The van der Waals surface area contributed by atoms with Gasteiger partial charge in [-0.25, -0.2) is 0 Å². The Bertz CT molecular complexity index is 511. The van der Waals surface area contributed by atoms with Gasteiger partial charge in [0, 0.05) is 0 Å². The summed E-state index contributed by atoms with van der Waals surface area (Å²) in [5, 5.41) is 1.36. The first kappa shape index (κ1) is 14.0. The molecule has 2 rings (SSSR count). The number of benzene rings is 1. The molecular weight excluding hydrogens is 248 g/mol. The standard InChI is InChI=1S/C17H22OSi/c1-14(2)17-13-12-16(18-19(17,3)4)11-10-15-8-6-5-7-9-15/h5-11,13,16H,1,12H2,2-4H3/b11-10+/t16-/m1/s1. The molecule has 0 unspecified atom stereocenters. The molecule has 0 spiro atoms. The van der Waals surface area contributed by atoms with Crippen LogP contribution < -0.4 is 0 Å². The molecule has 100 valence electrons. The zero-order chi connectivity index (χ0) is 13.9. The molecule has 0 aliphatic carbocycles. The number of hydrogen-bond acceptors (Lipinski definition) is 1. The van der Waals surface area contributed by atoms with Crippen molar-refractivity contribution in [2.75, 3.05) is 0 Å². The van der Waals surface area contributed by atoms with Crippen molar-refractivity contribution in [1.29, 1.82) is 0 Å². The fourth-order valence-corrected chi connectivity index (χ4v) is 5.25. The van der Waals surface area contributed by atoms with Gasteiger partial charge >= 0.3 is 0 Å². The molecule has 1 atom stereocenters. The molecule has 0 saturated heterocycles. The van der Waals surface area contributed by atoms with E-state index in [4.69, 9.17) is 4.43 Å². The predicted molar refractivity (Wildman–Crippen MR) is 85.3 cm³/mol. The van der Waals surface area contributed by atoms with Crippen molar-refractivity contribution < 1.29 is 4.43 Å². The summed E-state index contributed by atoms with van der Waals surface area (Å²) in [7, 11) is -1.77. The Balaban J connectivity index is 2.10. The first-order valence-corrected chi connectivity index (χ1v) is 9.67. The molecule has 1 aliphatic heterocycles. The minimum Gasteiger partial charge on any atom is -0.406 e. The summed E-state index contributed by atoms with van der Waals surface area (Å²) in [4.78, 5) is 0. The normalized spacial score (nSPS) is 22.3. The summed E-state index contributed by atoms with van der Waals surface area (Å²) >= 11 is 0. The Labute approximate surface area is 117 Å². The molecule has 0 amide bonds. The number of hydrogen-bond donors (Lipinski definition) is 0. The van der Waals surface area contributed by atoms with E-state index in [2.05, 4.69) is 69.1 Å². The average Bonchev–Trinajstić information content (AvgIpc) is 2.36. The molecule has 0 N–H and O–H groups in total. The summed E-state index contributed by atoms with van der Waals surface area (Å²) in [6.45, 7) is 10.6. The molecule has 1 aliphatic rings. The van der Waals surface area contributed by atoms with Gasteiger partial charge in [-0.05, 0) is 37.2 Å². The second-order valence-corrected chi connectivity index (χ2v) is 9.37. The molecule has 0 radical (unpaired) electrons. The summed E-state index contributed by atoms with van der Waals surface area (Å²) in [5.74, 6) is 0. The van der Waals surface area contributed by atoms with E-state index in [0.29, 0.717) is 0 Å². The van der Waals surface area contributed by atoms with Gasteiger partial charge < -0.3 is 4.43 Å². The smallest absolute Gasteiger partial charge is 0.218 e. The summed E-state index contributed by atoms with van der Waals surface area (Å²) in [5.41, 5.74) is 2.38. The maximum absolute atomic E-state index is 6.29. The van der Waals surface area contributed by atoms with E-state index >= 15 is 0 Å². The largest absolute Gasteiger partial charge is 0.406 e. The first-order valence-electron chi connectivity index (χ1n) is 6.76. The minimum atomic E-state index is -1.77. The van der Waals surface area contributed by atoms with E-state index in [0.717, 1.165) is 12.0 Å². The Morgan fingerprint density at radius 2 is 2.00 bits per heavy atom. The highest BCUT2D eigenvalue weighted by Gasteiger charge is 2.33. The van der Waals surface area contributed by atoms with E-state index in [-0.39, 0.29) is 6.10 Å². The Kier molecular flexibility index (Phi) is 4.23. The van der Waals surface area contributed by atoms with Crippen LogP contribution >= 0.6 is 0 Å². The lowest BCUT2D eigenvalue weighted by Crippen LogP contribution is -2.40. The van der Waals surface area contributed by atoms with Crippen molar-refractivity contribution >= 4 is 14.4 Å². The monoisotopic (exact) mass is 270 g/mol. The predicted octanol–water partition coefficient (Wildman–Crippen LogP) is 4.74. The summed E-state index contributed by atoms with van der Waals surface area (Å²) in [6, 6.07) is 10.4. The topological polar surface area (TPSA) is 9.23 Å². The Morgan fingerprint density at radius 1 is 1.32 bits per heavy atom. The molecule has 0 aromatic heterocycles. The van der Waals surface area contributed by atoms with Crippen LogP contribution in [-0.4, -0.2) is 14.4 Å². The van der Waals surface area contributed by atoms with Crippen LogP contribution in [0.25, 0.3) is 6.08 Å². The molecule has 1 nitrogen and oxygen atoms in total. The van der Waals surface area contributed by atoms with E-state index in [9.17, 15) is 0 Å². The maximum Gasteiger partial charge on any atom is 0.218 e. The van der Waals surface area contributed by atoms with Gasteiger partial charge in [0.1, 0.15) is 0 Å². The van der Waals surface area contributed by atoms with Gasteiger partial charge in [0.25, 0.3) is 0 Å². The van der Waals surface area contributed by atoms with Gasteiger partial charge in [-0.15, -0.1) is 0 Å². The van der Waals surface area contributed by atoms with E-state index < -0.39 is 8.32 Å². The molecule has 0 saturated carbocycles. The van der Waals surface area contributed by atoms with E-state index in [1.54, 1.807) is 0 Å². The van der Waals surface area contributed by atoms with Crippen molar-refractivity contribution in [2.45, 2.75) is 32.5 Å². The van der Waals surface area contributed by atoms with Crippen LogP contribution in [0.5, 0.6) is 0 Å². The third-order valence-corrected chi connectivity index (χ3v) is 6.23. The number of rotatable bonds is 3. The Morgan fingerprint density at radius 3 is 2.58 bits per heavy atom. The van der Waals surface area contributed by atoms with Gasteiger partial charge in [0.15, 0.2) is 0 Å². The van der Waals surface area contributed by atoms with Crippen LogP contribution in [0.2, 0.25) is 13.1 Å². The highest BCUT2D eigenvalue weighted by atomic mass is 28.4. The zero-order valence-electron chi connectivity index (χ0n) is 12.0. The second kappa shape index (κ2) is 5.72. The lowest BCUT2D eigenvalue weighted by atomic mass is 10.1. The molecule has 1 aromatic carbocycles. The zero-order valence-corrected chi connectivity index (χ0v) is 13.0. The fraction of sp³-hybridized carbons (Fsp3) is 0.294. The van der Waals surface area contributed by atoms with Gasteiger partial charge in [0.05, 0.1) is 6.10 Å². The minimum absolute atomic E-state index is 0.199. The summed E-state index contributed by atoms with van der Waals surface area (Å²) in [6.07, 6.45) is 7.79. The maximum atomic E-state index is 6.29. The van der Waals surface area contributed by atoms with E-state index in [1.165, 1.54) is 10.8 Å². The highest BCUT2D eigenvalue weighted by Crippen LogP contribution is 2.30. The molecule has 19 heavy (non-hydrogen) atoms. The van der Waals surface area contributed by atoms with Crippen LogP contribution in [0.1, 0.15) is 18.9 Å². The molecule has 1 aromatic rings. The van der Waals surface area contributed by atoms with Crippen molar-refractivity contribution in [3.8, 4) is 0 Å². The second-order valence-electron chi connectivity index (χ2n) is 5.57. The third-order valence-electron chi connectivity index (χ3n) is 3.41. The molecule has 1 heterocycles. The van der Waals surface area contributed by atoms with Crippen LogP contribution in [0.4, 0.5) is 0 Å². The highest BCUT2D eigenvalue weighted by molar-refractivity contribution is 6.79. The molecule has 0 fully saturated rings. The van der Waals surface area contributed by atoms with Crippen molar-refractivity contribution in [3.05, 3.63) is 65.4 Å². The lowest BCUT2D eigenvalue weighted by molar-refractivity contribution is 0.240.